The molecule has 0 heterocycles. The molecule has 100 valence electrons. The molecule has 0 aromatic heterocycles. The summed E-state index contributed by atoms with van der Waals surface area (Å²) in [6.45, 7) is 0. The van der Waals surface area contributed by atoms with Crippen LogP contribution < -0.4 is 27.3 Å². The Balaban J connectivity index is 3.53. The summed E-state index contributed by atoms with van der Waals surface area (Å²) < 4.78 is 0. The van der Waals surface area contributed by atoms with Crippen LogP contribution in [0.1, 0.15) is 5.56 Å². The lowest BCUT2D eigenvalue weighted by atomic mass is 9.59. The monoisotopic (exact) mass is 276 g/mol. The number of hydrogen-bond acceptors (Lipinski definition) is 0. The van der Waals surface area contributed by atoms with Crippen molar-refractivity contribution < 1.29 is 0 Å². The highest BCUT2D eigenvalue weighted by Gasteiger charge is 2.10. The molecule has 10 heteroatoms. The van der Waals surface area contributed by atoms with Crippen LogP contribution in [0, 0.1) is 0 Å². The van der Waals surface area contributed by atoms with E-state index < -0.39 is 0 Å². The highest BCUT2D eigenvalue weighted by molar-refractivity contribution is 6.67. The maximum atomic E-state index is 2.37. The first-order chi connectivity index (χ1) is 10.1. The lowest BCUT2D eigenvalue weighted by Crippen LogP contribution is -2.55. The van der Waals surface area contributed by atoms with Crippen LogP contribution in [0.2, 0.25) is 0 Å². The van der Waals surface area contributed by atoms with Gasteiger partial charge in [0.05, 0.1) is 0 Å². The quantitative estimate of drug-likeness (QED) is 0.379. The Morgan fingerprint density at radius 2 is 0.955 bits per heavy atom. The third-order valence-corrected chi connectivity index (χ3v) is 5.60. The van der Waals surface area contributed by atoms with Gasteiger partial charge >= 0.3 is 0 Å². The summed E-state index contributed by atoms with van der Waals surface area (Å²) in [6, 6.07) is 0. The molecule has 0 spiro atoms. The molecule has 0 aliphatic rings. The molecule has 0 saturated carbocycles. The first-order valence-electron chi connectivity index (χ1n) is 8.19. The molecular formula is C12H22B10. The third-order valence-electron chi connectivity index (χ3n) is 5.60. The fourth-order valence-electron chi connectivity index (χ4n) is 2.88. The minimum atomic E-state index is 1.35. The van der Waals surface area contributed by atoms with Crippen molar-refractivity contribution in [2.45, 2.75) is 0 Å². The van der Waals surface area contributed by atoms with Crippen LogP contribution >= 0.6 is 0 Å². The fourth-order valence-corrected chi connectivity index (χ4v) is 2.88. The van der Waals surface area contributed by atoms with E-state index in [1.54, 1.807) is 0 Å². The fraction of sp³-hybridized carbons (Fsp3) is 0. The molecule has 0 N–H and O–H groups in total. The predicted molar refractivity (Wildman–Crippen MR) is 133 cm³/mol. The first kappa shape index (κ1) is 19.1. The number of benzene rings is 1. The van der Waals surface area contributed by atoms with E-state index in [-0.39, 0.29) is 0 Å². The second kappa shape index (κ2) is 7.57. The summed E-state index contributed by atoms with van der Waals surface area (Å²) in [4.78, 5) is 0. The predicted octanol–water partition coefficient (Wildman–Crippen LogP) is -10.5. The van der Waals surface area contributed by atoms with Crippen LogP contribution in [0.25, 0.3) is 6.08 Å². The second-order valence-corrected chi connectivity index (χ2v) is 6.59. The van der Waals surface area contributed by atoms with Gasteiger partial charge in [0.1, 0.15) is 78.5 Å². The molecule has 0 unspecified atom stereocenters. The molecular weight excluding hydrogens is 252 g/mol. The smallest absolute Gasteiger partial charge is 0.131 e. The van der Waals surface area contributed by atoms with Crippen LogP contribution in [-0.2, 0) is 0 Å². The van der Waals surface area contributed by atoms with E-state index in [9.17, 15) is 0 Å². The Labute approximate surface area is 145 Å². The summed E-state index contributed by atoms with van der Waals surface area (Å²) in [6.07, 6.45) is 2.37. The number of rotatable bonds is 3. The molecule has 22 heavy (non-hydrogen) atoms. The Kier molecular flexibility index (Phi) is 6.59. The molecule has 0 bridgehead atoms. The summed E-state index contributed by atoms with van der Waals surface area (Å²) in [5.41, 5.74) is 14.0. The van der Waals surface area contributed by atoms with Crippen LogP contribution in [-0.4, -0.2) is 78.5 Å². The van der Waals surface area contributed by atoms with E-state index >= 15 is 0 Å². The highest BCUT2D eigenvalue weighted by atomic mass is 14.0. The van der Waals surface area contributed by atoms with Crippen molar-refractivity contribution in [2.75, 3.05) is 0 Å². The van der Waals surface area contributed by atoms with E-state index in [2.05, 4.69) is 90.5 Å². The van der Waals surface area contributed by atoms with Gasteiger partial charge < -0.3 is 0 Å². The number of hydrogen-bond donors (Lipinski definition) is 0. The molecule has 1 rings (SSSR count). The van der Waals surface area contributed by atoms with Gasteiger partial charge in [-0.05, 0) is 5.56 Å². The zero-order chi connectivity index (χ0) is 17.2. The molecule has 0 radical (unpaired) electrons. The van der Waals surface area contributed by atoms with E-state index in [0.29, 0.717) is 0 Å². The zero-order valence-corrected chi connectivity index (χ0v) is 16.2. The Morgan fingerprint density at radius 3 is 1.36 bits per heavy atom. The van der Waals surface area contributed by atoms with Crippen molar-refractivity contribution in [1.29, 1.82) is 0 Å². The minimum absolute atomic E-state index is 1.35. The van der Waals surface area contributed by atoms with Gasteiger partial charge in [-0.3, -0.25) is 0 Å². The van der Waals surface area contributed by atoms with Gasteiger partial charge in [0.25, 0.3) is 0 Å². The minimum Gasteiger partial charge on any atom is -0.131 e. The van der Waals surface area contributed by atoms with Gasteiger partial charge in [0, 0.05) is 0 Å². The van der Waals surface area contributed by atoms with Crippen molar-refractivity contribution in [1.82, 2.24) is 0 Å². The lowest BCUT2D eigenvalue weighted by Gasteiger charge is -2.19. The molecule has 0 aliphatic heterocycles. The molecule has 0 aliphatic carbocycles. The Morgan fingerprint density at radius 1 is 0.591 bits per heavy atom. The second-order valence-electron chi connectivity index (χ2n) is 6.59. The Bertz CT molecular complexity index is 669. The molecule has 0 fully saturated rings. The molecule has 1 aromatic rings. The van der Waals surface area contributed by atoms with Crippen molar-refractivity contribution in [3.8, 4) is 0 Å². The van der Waals surface area contributed by atoms with Gasteiger partial charge in [-0.25, -0.2) is 0 Å². The molecule has 0 amide bonds. The topological polar surface area (TPSA) is 0 Å². The van der Waals surface area contributed by atoms with Crippen molar-refractivity contribution in [3.63, 3.8) is 0 Å². The van der Waals surface area contributed by atoms with Gasteiger partial charge in [0.15, 0.2) is 0 Å². The van der Waals surface area contributed by atoms with Gasteiger partial charge in [-0.1, -0.05) is 22.5 Å². The van der Waals surface area contributed by atoms with Crippen molar-refractivity contribution >= 4 is 112 Å². The van der Waals surface area contributed by atoms with Crippen LogP contribution in [0.5, 0.6) is 0 Å². The highest BCUT2D eigenvalue weighted by Crippen LogP contribution is 2.13. The summed E-state index contributed by atoms with van der Waals surface area (Å²) in [5, 5.41) is 0. The summed E-state index contributed by atoms with van der Waals surface area (Å²) in [5.74, 6) is 2.18. The van der Waals surface area contributed by atoms with Crippen LogP contribution in [0.4, 0.5) is 0 Å². The molecule has 1 aromatic carbocycles. The van der Waals surface area contributed by atoms with Crippen LogP contribution in [0.15, 0.2) is 27.9 Å². The van der Waals surface area contributed by atoms with E-state index in [0.717, 1.165) is 0 Å². The van der Waals surface area contributed by atoms with Crippen molar-refractivity contribution in [3.05, 3.63) is 33.4 Å². The van der Waals surface area contributed by atoms with E-state index in [1.165, 1.54) is 54.8 Å². The van der Waals surface area contributed by atoms with E-state index in [1.807, 2.05) is 0 Å². The first-order valence-corrected chi connectivity index (χ1v) is 8.19. The van der Waals surface area contributed by atoms with Gasteiger partial charge in [-0.2, -0.15) is 0 Å². The van der Waals surface area contributed by atoms with Gasteiger partial charge in [-0.15, -0.1) is 38.8 Å². The summed E-state index contributed by atoms with van der Waals surface area (Å²) >= 11 is 0. The lowest BCUT2D eigenvalue weighted by molar-refractivity contribution is 1.73. The van der Waals surface area contributed by atoms with Crippen molar-refractivity contribution in [2.24, 2.45) is 0 Å². The maximum absolute atomic E-state index is 2.37. The zero-order valence-electron chi connectivity index (χ0n) is 16.2. The van der Waals surface area contributed by atoms with Crippen LogP contribution in [0.3, 0.4) is 0 Å². The Hall–Kier alpha value is -0.911. The largest absolute Gasteiger partial charge is 0.139 e. The third kappa shape index (κ3) is 3.70. The average molecular weight is 274 g/mol. The molecule has 0 atom stereocenters. The normalized spacial score (nSPS) is 13.8. The average Bonchev–Trinajstić information content (AvgIpc) is 2.52. The maximum Gasteiger partial charge on any atom is 0.139 e. The molecule has 0 saturated heterocycles. The summed E-state index contributed by atoms with van der Waals surface area (Å²) in [7, 11) is 22.2. The SMILES string of the molecule is B/C=C(B)/C(B)=C(B)\C(B)=C\c1c(B)c(B)c(B)c(B)c1B. The standard InChI is InChI=1S/C12H22B10/c13-2-5(15)9(19)8(18)4(14)1-3-6(16)10(20)12(22)11(21)7(3)17/h1-2H,13-22H2/b4-1-,5-2-,9-8-. The number of allylic oxidation sites excluding steroid dienone is 4. The van der Waals surface area contributed by atoms with Gasteiger partial charge in [0.2, 0.25) is 0 Å². The van der Waals surface area contributed by atoms with E-state index in [4.69, 9.17) is 0 Å². The molecule has 0 nitrogen and oxygen atoms in total.